The Morgan fingerprint density at radius 3 is 1.98 bits per heavy atom. The Morgan fingerprint density at radius 2 is 1.30 bits per heavy atom. The summed E-state index contributed by atoms with van der Waals surface area (Å²) in [6, 6.07) is 17.6. The van der Waals surface area contributed by atoms with E-state index >= 15 is 0 Å². The molecule has 47 heavy (non-hydrogen) atoms. The summed E-state index contributed by atoms with van der Waals surface area (Å²) in [5.41, 5.74) is 3.44. The second kappa shape index (κ2) is 24.3. The molecule has 0 radical (unpaired) electrons. The van der Waals surface area contributed by atoms with Crippen molar-refractivity contribution in [1.82, 2.24) is 10.6 Å². The van der Waals surface area contributed by atoms with Crippen molar-refractivity contribution < 1.29 is 38.2 Å². The number of benzene rings is 2. The Hall–Kier alpha value is -3.89. The maximum atomic E-state index is 12.8. The highest BCUT2D eigenvalue weighted by molar-refractivity contribution is 5.88. The van der Waals surface area contributed by atoms with Crippen LogP contribution in [0.2, 0.25) is 0 Å². The number of nitrogens with one attached hydrogen (secondary N) is 2. The van der Waals surface area contributed by atoms with Gasteiger partial charge >= 0.3 is 5.97 Å². The largest absolute Gasteiger partial charge is 0.458 e. The number of hydrogen-bond donors (Lipinski definition) is 2. The molecule has 0 aliphatic carbocycles. The molecule has 2 aromatic carbocycles. The molecule has 258 valence electrons. The lowest BCUT2D eigenvalue weighted by Crippen LogP contribution is -2.47. The van der Waals surface area contributed by atoms with Crippen molar-refractivity contribution in [3.63, 3.8) is 0 Å². The molecule has 0 aliphatic heterocycles. The van der Waals surface area contributed by atoms with E-state index in [1.165, 1.54) is 18.2 Å². The summed E-state index contributed by atoms with van der Waals surface area (Å²) in [7, 11) is 3.05. The summed E-state index contributed by atoms with van der Waals surface area (Å²) < 4.78 is 15.0. The van der Waals surface area contributed by atoms with E-state index in [0.29, 0.717) is 38.7 Å². The van der Waals surface area contributed by atoms with Crippen LogP contribution in [0.3, 0.4) is 0 Å². The van der Waals surface area contributed by atoms with Crippen molar-refractivity contribution in [3.05, 3.63) is 71.3 Å². The van der Waals surface area contributed by atoms with E-state index < -0.39 is 17.9 Å². The number of methoxy groups -OCH3 is 2. The van der Waals surface area contributed by atoms with Gasteiger partial charge in [-0.15, -0.1) is 0 Å². The number of amides is 2. The van der Waals surface area contributed by atoms with Crippen LogP contribution in [-0.4, -0.2) is 76.0 Å². The molecule has 0 unspecified atom stereocenters. The molecule has 0 spiro atoms. The molecule has 0 saturated heterocycles. The predicted octanol–water partition coefficient (Wildman–Crippen LogP) is 4.49. The number of hydrogen-bond acceptors (Lipinski definition) is 8. The van der Waals surface area contributed by atoms with Gasteiger partial charge < -0.3 is 24.8 Å². The van der Waals surface area contributed by atoms with Gasteiger partial charge in [0.15, 0.2) is 5.78 Å². The molecule has 2 amide bonds. The predicted molar refractivity (Wildman–Crippen MR) is 180 cm³/mol. The summed E-state index contributed by atoms with van der Waals surface area (Å²) in [6.45, 7) is 0.316. The van der Waals surface area contributed by atoms with Crippen molar-refractivity contribution in [2.24, 2.45) is 0 Å². The minimum absolute atomic E-state index is 0.0110. The van der Waals surface area contributed by atoms with Gasteiger partial charge in [0, 0.05) is 46.4 Å². The minimum atomic E-state index is -0.776. The van der Waals surface area contributed by atoms with E-state index in [1.54, 1.807) is 7.11 Å². The quantitative estimate of drug-likeness (QED) is 0.112. The minimum Gasteiger partial charge on any atom is -0.458 e. The standard InChI is InChI=1S/C37H52N2O8/c1-45-25-22-32(40)15-7-4-8-16-34(39-35(42)23-26-46-2)37(44)38-24-21-36(43)47-28-33(41)27-31-19-17-30(18-20-31)14-10-9-13-29-11-5-3-6-12-29/h3,5-6,11-12,17-20,34H,4,7-10,13-16,21-28H2,1-2H3,(H,38,44)(H,39,42)/t34-/m0/s1. The molecular weight excluding hydrogens is 600 g/mol. The zero-order valence-corrected chi connectivity index (χ0v) is 28.1. The summed E-state index contributed by atoms with van der Waals surface area (Å²) in [6.07, 6.45) is 7.73. The van der Waals surface area contributed by atoms with Gasteiger partial charge in [0.25, 0.3) is 0 Å². The van der Waals surface area contributed by atoms with E-state index in [0.717, 1.165) is 37.7 Å². The zero-order valence-electron chi connectivity index (χ0n) is 28.1. The molecule has 0 heterocycles. The van der Waals surface area contributed by atoms with Gasteiger partial charge in [0.2, 0.25) is 11.8 Å². The number of aryl methyl sites for hydroxylation is 2. The first-order valence-corrected chi connectivity index (χ1v) is 16.7. The number of Topliss-reactive ketones (excluding diaryl/α,β-unsaturated/α-hetero) is 2. The molecule has 0 saturated carbocycles. The first-order chi connectivity index (χ1) is 22.8. The van der Waals surface area contributed by atoms with Crippen LogP contribution in [0, 0.1) is 0 Å². The number of carbonyl (C=O) groups excluding carboxylic acids is 5. The molecule has 1 atom stereocenters. The molecule has 0 bridgehead atoms. The Labute approximate surface area is 279 Å². The second-order valence-electron chi connectivity index (χ2n) is 11.7. The van der Waals surface area contributed by atoms with Crippen LogP contribution >= 0.6 is 0 Å². The topological polar surface area (TPSA) is 137 Å². The highest BCUT2D eigenvalue weighted by Gasteiger charge is 2.20. The molecule has 2 N–H and O–H groups in total. The van der Waals surface area contributed by atoms with Crippen molar-refractivity contribution in [1.29, 1.82) is 0 Å². The summed E-state index contributed by atoms with van der Waals surface area (Å²) in [5.74, 6) is -1.39. The number of ketones is 2. The maximum Gasteiger partial charge on any atom is 0.308 e. The number of rotatable bonds is 26. The van der Waals surface area contributed by atoms with Crippen LogP contribution in [-0.2, 0) is 57.4 Å². The van der Waals surface area contributed by atoms with Gasteiger partial charge in [-0.2, -0.15) is 0 Å². The maximum absolute atomic E-state index is 12.8. The van der Waals surface area contributed by atoms with Crippen molar-refractivity contribution in [2.75, 3.05) is 40.6 Å². The molecule has 2 aromatic rings. The molecule has 10 nitrogen and oxygen atoms in total. The van der Waals surface area contributed by atoms with E-state index in [2.05, 4.69) is 34.9 Å². The van der Waals surface area contributed by atoms with Crippen molar-refractivity contribution >= 4 is 29.4 Å². The third-order valence-electron chi connectivity index (χ3n) is 7.69. The Kier molecular flexibility index (Phi) is 20.3. The summed E-state index contributed by atoms with van der Waals surface area (Å²) in [4.78, 5) is 61.5. The molecule has 0 fully saturated rings. The van der Waals surface area contributed by atoms with Gasteiger partial charge in [-0.1, -0.05) is 67.4 Å². The molecule has 10 heteroatoms. The lowest BCUT2D eigenvalue weighted by atomic mass is 10.0. The Balaban J connectivity index is 1.66. The fourth-order valence-electron chi connectivity index (χ4n) is 4.97. The van der Waals surface area contributed by atoms with E-state index in [4.69, 9.17) is 14.2 Å². The third-order valence-corrected chi connectivity index (χ3v) is 7.69. The lowest BCUT2D eigenvalue weighted by molar-refractivity contribution is -0.147. The van der Waals surface area contributed by atoms with Crippen LogP contribution < -0.4 is 10.6 Å². The number of carbonyl (C=O) groups is 5. The normalized spacial score (nSPS) is 11.4. The van der Waals surface area contributed by atoms with Gasteiger partial charge in [0.05, 0.1) is 19.6 Å². The summed E-state index contributed by atoms with van der Waals surface area (Å²) in [5, 5.41) is 5.41. The van der Waals surface area contributed by atoms with E-state index in [-0.39, 0.29) is 56.5 Å². The van der Waals surface area contributed by atoms with Gasteiger partial charge in [-0.05, 0) is 55.2 Å². The van der Waals surface area contributed by atoms with Crippen LogP contribution in [0.4, 0.5) is 0 Å². The van der Waals surface area contributed by atoms with E-state index in [9.17, 15) is 24.0 Å². The molecular formula is C37H52N2O8. The number of unbranched alkanes of at least 4 members (excludes halogenated alkanes) is 3. The highest BCUT2D eigenvalue weighted by atomic mass is 16.5. The fourth-order valence-corrected chi connectivity index (χ4v) is 4.97. The van der Waals surface area contributed by atoms with Crippen molar-refractivity contribution in [3.8, 4) is 0 Å². The van der Waals surface area contributed by atoms with Crippen LogP contribution in [0.25, 0.3) is 0 Å². The molecule has 2 rings (SSSR count). The fraction of sp³-hybridized carbons (Fsp3) is 0.541. The second-order valence-corrected chi connectivity index (χ2v) is 11.7. The summed E-state index contributed by atoms with van der Waals surface area (Å²) >= 11 is 0. The number of esters is 1. The molecule has 0 aliphatic rings. The van der Waals surface area contributed by atoms with Crippen LogP contribution in [0.1, 0.15) is 80.9 Å². The molecule has 0 aromatic heterocycles. The third kappa shape index (κ3) is 18.7. The van der Waals surface area contributed by atoms with Gasteiger partial charge in [-0.25, -0.2) is 0 Å². The van der Waals surface area contributed by atoms with Gasteiger partial charge in [0.1, 0.15) is 18.4 Å². The average molecular weight is 653 g/mol. The van der Waals surface area contributed by atoms with Gasteiger partial charge in [-0.3, -0.25) is 24.0 Å². The monoisotopic (exact) mass is 652 g/mol. The lowest BCUT2D eigenvalue weighted by Gasteiger charge is -2.18. The van der Waals surface area contributed by atoms with Crippen molar-refractivity contribution in [2.45, 2.75) is 89.5 Å². The first-order valence-electron chi connectivity index (χ1n) is 16.7. The zero-order chi connectivity index (χ0) is 34.1. The first kappa shape index (κ1) is 39.3. The Morgan fingerprint density at radius 1 is 0.660 bits per heavy atom. The Bertz CT molecular complexity index is 1220. The van der Waals surface area contributed by atoms with E-state index in [1.807, 2.05) is 30.3 Å². The highest BCUT2D eigenvalue weighted by Crippen LogP contribution is 2.12. The van der Waals surface area contributed by atoms with Crippen LogP contribution in [0.15, 0.2) is 54.6 Å². The smallest absolute Gasteiger partial charge is 0.308 e. The van der Waals surface area contributed by atoms with Crippen LogP contribution in [0.5, 0.6) is 0 Å². The SMILES string of the molecule is COCCC(=O)CCCCC[C@H](NC(=O)CCOC)C(=O)NCCC(=O)OCC(=O)Cc1ccc(CCCCc2ccccc2)cc1. The number of ether oxygens (including phenoxy) is 3. The average Bonchev–Trinajstić information content (AvgIpc) is 3.07.